The van der Waals surface area contributed by atoms with Gasteiger partial charge in [0, 0.05) is 25.3 Å². The van der Waals surface area contributed by atoms with Crippen molar-refractivity contribution < 1.29 is 5.11 Å². The molecular formula is C14H23N3O. The maximum atomic E-state index is 9.65. The van der Waals surface area contributed by atoms with Crippen LogP contribution in [0.2, 0.25) is 0 Å². The zero-order valence-corrected chi connectivity index (χ0v) is 11.5. The highest BCUT2D eigenvalue weighted by Gasteiger charge is 2.26. The molecule has 1 aliphatic heterocycles. The number of aromatic nitrogens is 1. The zero-order chi connectivity index (χ0) is 13.1. The van der Waals surface area contributed by atoms with Gasteiger partial charge in [-0.25, -0.2) is 4.98 Å². The van der Waals surface area contributed by atoms with Gasteiger partial charge in [-0.2, -0.15) is 0 Å². The smallest absolute Gasteiger partial charge is 0.129 e. The first-order chi connectivity index (χ1) is 8.58. The van der Waals surface area contributed by atoms with E-state index >= 15 is 0 Å². The average Bonchev–Trinajstić information content (AvgIpc) is 2.76. The second kappa shape index (κ2) is 5.67. The minimum Gasteiger partial charge on any atom is -0.389 e. The fourth-order valence-electron chi connectivity index (χ4n) is 2.60. The normalized spacial score (nSPS) is 21.6. The molecule has 1 aromatic rings. The molecule has 2 heterocycles. The van der Waals surface area contributed by atoms with Gasteiger partial charge in [-0.05, 0) is 51.6 Å². The predicted octanol–water partition coefficient (Wildman–Crippen LogP) is 1.67. The molecule has 1 aliphatic rings. The Morgan fingerprint density at radius 1 is 1.56 bits per heavy atom. The van der Waals surface area contributed by atoms with E-state index in [-0.39, 0.29) is 0 Å². The summed E-state index contributed by atoms with van der Waals surface area (Å²) in [5, 5.41) is 9.65. The molecule has 100 valence electrons. The fraction of sp³-hybridized carbons (Fsp3) is 0.643. The van der Waals surface area contributed by atoms with Crippen molar-refractivity contribution in [2.75, 3.05) is 32.1 Å². The Kier molecular flexibility index (Phi) is 4.19. The summed E-state index contributed by atoms with van der Waals surface area (Å²) in [6, 6.07) is 4.43. The molecule has 0 radical (unpaired) electrons. The van der Waals surface area contributed by atoms with Gasteiger partial charge in [0.15, 0.2) is 0 Å². The minimum atomic E-state index is -0.429. The van der Waals surface area contributed by atoms with Gasteiger partial charge < -0.3 is 14.9 Å². The maximum absolute atomic E-state index is 9.65. The molecule has 0 aromatic carbocycles. The molecule has 1 saturated heterocycles. The third kappa shape index (κ3) is 3.00. The van der Waals surface area contributed by atoms with Crippen LogP contribution in [0, 0.1) is 0 Å². The van der Waals surface area contributed by atoms with E-state index in [9.17, 15) is 5.11 Å². The number of anilines is 1. The van der Waals surface area contributed by atoms with Crippen LogP contribution < -0.4 is 4.90 Å². The molecule has 1 unspecified atom stereocenters. The van der Waals surface area contributed by atoms with Gasteiger partial charge in [-0.15, -0.1) is 0 Å². The molecule has 0 saturated carbocycles. The second-order valence-electron chi connectivity index (χ2n) is 5.38. The van der Waals surface area contributed by atoms with Crippen LogP contribution in [0.5, 0.6) is 0 Å². The summed E-state index contributed by atoms with van der Waals surface area (Å²) in [5.41, 5.74) is 0.940. The monoisotopic (exact) mass is 249 g/mol. The third-order valence-electron chi connectivity index (χ3n) is 3.50. The predicted molar refractivity (Wildman–Crippen MR) is 73.8 cm³/mol. The van der Waals surface area contributed by atoms with Crippen molar-refractivity contribution in [3.63, 3.8) is 0 Å². The Morgan fingerprint density at radius 3 is 3.00 bits per heavy atom. The van der Waals surface area contributed by atoms with Crippen molar-refractivity contribution in [1.29, 1.82) is 0 Å². The van der Waals surface area contributed by atoms with Crippen LogP contribution in [0.4, 0.5) is 5.82 Å². The number of aliphatic hydroxyl groups excluding tert-OH is 1. The van der Waals surface area contributed by atoms with Crippen molar-refractivity contribution in [2.24, 2.45) is 0 Å². The molecule has 1 aromatic heterocycles. The van der Waals surface area contributed by atoms with Gasteiger partial charge in [-0.3, -0.25) is 0 Å². The molecule has 1 N–H and O–H groups in total. The Labute approximate surface area is 109 Å². The lowest BCUT2D eigenvalue weighted by atomic mass is 10.1. The summed E-state index contributed by atoms with van der Waals surface area (Å²) in [5.74, 6) is 0.998. The Morgan fingerprint density at radius 2 is 2.33 bits per heavy atom. The molecule has 0 amide bonds. The molecule has 2 rings (SSSR count). The number of likely N-dealkylation sites (N-methyl/N-ethyl adjacent to an activating group) is 1. The van der Waals surface area contributed by atoms with E-state index in [1.807, 2.05) is 12.1 Å². The summed E-state index contributed by atoms with van der Waals surface area (Å²) in [6.07, 6.45) is 3.81. The lowest BCUT2D eigenvalue weighted by Crippen LogP contribution is -2.38. The summed E-state index contributed by atoms with van der Waals surface area (Å²) in [7, 11) is 4.21. The lowest BCUT2D eigenvalue weighted by molar-refractivity contribution is 0.199. The largest absolute Gasteiger partial charge is 0.389 e. The number of rotatable bonds is 4. The first-order valence-corrected chi connectivity index (χ1v) is 6.63. The molecule has 4 nitrogen and oxygen atoms in total. The van der Waals surface area contributed by atoms with E-state index in [4.69, 9.17) is 0 Å². The highest BCUT2D eigenvalue weighted by atomic mass is 16.3. The van der Waals surface area contributed by atoms with Crippen LogP contribution in [-0.2, 0) is 0 Å². The molecule has 0 spiro atoms. The standard InChI is InChI=1S/C14H23N3O/c1-11(18)12-6-7-15-14(9-12)17-8-4-5-13(17)10-16(2)3/h6-7,9,11,13,18H,4-5,8,10H2,1-3H3/t11-,13?/m0/s1. The molecule has 2 atom stereocenters. The van der Waals surface area contributed by atoms with Crippen molar-refractivity contribution in [3.05, 3.63) is 23.9 Å². The molecule has 4 heteroatoms. The van der Waals surface area contributed by atoms with Crippen LogP contribution in [-0.4, -0.2) is 48.2 Å². The van der Waals surface area contributed by atoms with E-state index in [1.165, 1.54) is 12.8 Å². The fourth-order valence-corrected chi connectivity index (χ4v) is 2.60. The van der Waals surface area contributed by atoms with E-state index in [0.29, 0.717) is 6.04 Å². The van der Waals surface area contributed by atoms with Gasteiger partial charge in [0.1, 0.15) is 5.82 Å². The van der Waals surface area contributed by atoms with Gasteiger partial charge in [0.05, 0.1) is 6.10 Å². The minimum absolute atomic E-state index is 0.429. The van der Waals surface area contributed by atoms with Crippen LogP contribution in [0.15, 0.2) is 18.3 Å². The molecule has 18 heavy (non-hydrogen) atoms. The summed E-state index contributed by atoms with van der Waals surface area (Å²) in [6.45, 7) is 3.91. The number of pyridine rings is 1. The topological polar surface area (TPSA) is 39.6 Å². The van der Waals surface area contributed by atoms with E-state index < -0.39 is 6.10 Å². The van der Waals surface area contributed by atoms with E-state index in [1.54, 1.807) is 13.1 Å². The van der Waals surface area contributed by atoms with Crippen molar-refractivity contribution in [3.8, 4) is 0 Å². The van der Waals surface area contributed by atoms with Crippen molar-refractivity contribution in [1.82, 2.24) is 9.88 Å². The Balaban J connectivity index is 2.16. The van der Waals surface area contributed by atoms with Crippen molar-refractivity contribution in [2.45, 2.75) is 31.9 Å². The third-order valence-corrected chi connectivity index (χ3v) is 3.50. The maximum Gasteiger partial charge on any atom is 0.129 e. The quantitative estimate of drug-likeness (QED) is 0.881. The van der Waals surface area contributed by atoms with Crippen LogP contribution in [0.3, 0.4) is 0 Å². The Bertz CT molecular complexity index is 392. The van der Waals surface area contributed by atoms with E-state index in [0.717, 1.165) is 24.5 Å². The van der Waals surface area contributed by atoms with Crippen molar-refractivity contribution >= 4 is 5.82 Å². The number of hydrogen-bond acceptors (Lipinski definition) is 4. The molecule has 0 bridgehead atoms. The Hall–Kier alpha value is -1.13. The average molecular weight is 249 g/mol. The van der Waals surface area contributed by atoms with Crippen LogP contribution >= 0.6 is 0 Å². The summed E-state index contributed by atoms with van der Waals surface area (Å²) in [4.78, 5) is 9.05. The molecule has 1 fully saturated rings. The van der Waals surface area contributed by atoms with Crippen LogP contribution in [0.25, 0.3) is 0 Å². The van der Waals surface area contributed by atoms with E-state index in [2.05, 4.69) is 28.9 Å². The van der Waals surface area contributed by atoms with Gasteiger partial charge in [0.25, 0.3) is 0 Å². The zero-order valence-electron chi connectivity index (χ0n) is 11.5. The van der Waals surface area contributed by atoms with Gasteiger partial charge >= 0.3 is 0 Å². The molecular weight excluding hydrogens is 226 g/mol. The highest BCUT2D eigenvalue weighted by molar-refractivity contribution is 5.44. The number of aliphatic hydroxyl groups is 1. The summed E-state index contributed by atoms with van der Waals surface area (Å²) >= 11 is 0. The lowest BCUT2D eigenvalue weighted by Gasteiger charge is -2.28. The van der Waals surface area contributed by atoms with Gasteiger partial charge in [0.2, 0.25) is 0 Å². The highest BCUT2D eigenvalue weighted by Crippen LogP contribution is 2.26. The SMILES string of the molecule is C[C@H](O)c1ccnc(N2CCCC2CN(C)C)c1. The van der Waals surface area contributed by atoms with Gasteiger partial charge in [-0.1, -0.05) is 0 Å². The number of nitrogens with zero attached hydrogens (tertiary/aromatic N) is 3. The van der Waals surface area contributed by atoms with Crippen LogP contribution in [0.1, 0.15) is 31.4 Å². The molecule has 0 aliphatic carbocycles. The number of hydrogen-bond donors (Lipinski definition) is 1. The second-order valence-corrected chi connectivity index (χ2v) is 5.38. The first kappa shape index (κ1) is 13.3. The first-order valence-electron chi connectivity index (χ1n) is 6.63. The summed E-state index contributed by atoms with van der Waals surface area (Å²) < 4.78 is 0.